The van der Waals surface area contributed by atoms with Gasteiger partial charge in [0, 0.05) is 12.8 Å². The minimum atomic E-state index is -1.79. The molecular weight excluding hydrogens is 276 g/mol. The second kappa shape index (κ2) is 7.11. The maximum absolute atomic E-state index is 12.6. The highest BCUT2D eigenvalue weighted by Crippen LogP contribution is 2.44. The predicted molar refractivity (Wildman–Crippen MR) is 91.7 cm³/mol. The van der Waals surface area contributed by atoms with E-state index in [2.05, 4.69) is 40.5 Å². The standard InChI is InChI=1S/C18H32O2Si/c1-7-13-17(5,6)15-18(14-11-12-16(18)19)20-21(8-2,9-3)10-4/h1H,8-15H2,2-6H3/t18-/m1/s1. The minimum absolute atomic E-state index is 0.0376. The van der Waals surface area contributed by atoms with E-state index in [1.54, 1.807) is 0 Å². The van der Waals surface area contributed by atoms with E-state index in [4.69, 9.17) is 10.8 Å². The van der Waals surface area contributed by atoms with Crippen LogP contribution in [0, 0.1) is 17.8 Å². The summed E-state index contributed by atoms with van der Waals surface area (Å²) in [5.74, 6) is 3.08. The number of terminal acetylenes is 1. The van der Waals surface area contributed by atoms with Crippen molar-refractivity contribution in [3.8, 4) is 12.3 Å². The van der Waals surface area contributed by atoms with Crippen LogP contribution in [-0.4, -0.2) is 19.7 Å². The zero-order chi connectivity index (χ0) is 16.1. The van der Waals surface area contributed by atoms with E-state index in [-0.39, 0.29) is 5.41 Å². The van der Waals surface area contributed by atoms with Gasteiger partial charge < -0.3 is 4.43 Å². The Morgan fingerprint density at radius 1 is 1.29 bits per heavy atom. The van der Waals surface area contributed by atoms with Crippen molar-refractivity contribution in [2.24, 2.45) is 5.41 Å². The molecular formula is C18H32O2Si. The van der Waals surface area contributed by atoms with E-state index in [1.807, 2.05) is 0 Å². The zero-order valence-corrected chi connectivity index (χ0v) is 15.6. The maximum Gasteiger partial charge on any atom is 0.193 e. The van der Waals surface area contributed by atoms with Gasteiger partial charge in [-0.15, -0.1) is 12.3 Å². The number of ketones is 1. The molecule has 0 heterocycles. The summed E-state index contributed by atoms with van der Waals surface area (Å²) in [7, 11) is -1.79. The number of carbonyl (C=O) groups excluding carboxylic acids is 1. The Morgan fingerprint density at radius 2 is 1.86 bits per heavy atom. The average molecular weight is 309 g/mol. The number of hydrogen-bond donors (Lipinski definition) is 0. The van der Waals surface area contributed by atoms with Crippen LogP contribution in [-0.2, 0) is 9.22 Å². The topological polar surface area (TPSA) is 26.3 Å². The molecule has 120 valence electrons. The molecule has 0 spiro atoms. The van der Waals surface area contributed by atoms with Gasteiger partial charge in [0.05, 0.1) is 0 Å². The molecule has 1 fully saturated rings. The number of carbonyl (C=O) groups is 1. The van der Waals surface area contributed by atoms with Gasteiger partial charge in [0.25, 0.3) is 0 Å². The Kier molecular flexibility index (Phi) is 6.25. The van der Waals surface area contributed by atoms with Crippen LogP contribution in [0.1, 0.15) is 66.7 Å². The first-order valence-electron chi connectivity index (χ1n) is 8.45. The van der Waals surface area contributed by atoms with E-state index in [1.165, 1.54) is 0 Å². The van der Waals surface area contributed by atoms with Crippen LogP contribution in [0.4, 0.5) is 0 Å². The molecule has 0 amide bonds. The van der Waals surface area contributed by atoms with Crippen molar-refractivity contribution in [2.45, 2.75) is 90.5 Å². The molecule has 1 aliphatic carbocycles. The zero-order valence-electron chi connectivity index (χ0n) is 14.6. The largest absolute Gasteiger partial charge is 0.404 e. The molecule has 0 unspecified atom stereocenters. The molecule has 0 aromatic rings. The minimum Gasteiger partial charge on any atom is -0.404 e. The summed E-state index contributed by atoms with van der Waals surface area (Å²) in [6, 6.07) is 3.26. The van der Waals surface area contributed by atoms with Crippen molar-refractivity contribution in [1.29, 1.82) is 0 Å². The molecule has 0 saturated heterocycles. The number of Topliss-reactive ketones (excluding diaryl/α,β-unsaturated/α-hetero) is 1. The van der Waals surface area contributed by atoms with Crippen LogP contribution in [0.15, 0.2) is 0 Å². The normalized spacial score (nSPS) is 23.3. The van der Waals surface area contributed by atoms with Crippen LogP contribution in [0.2, 0.25) is 18.1 Å². The van der Waals surface area contributed by atoms with E-state index >= 15 is 0 Å². The van der Waals surface area contributed by atoms with Crippen molar-refractivity contribution in [2.75, 3.05) is 0 Å². The van der Waals surface area contributed by atoms with Crippen LogP contribution in [0.3, 0.4) is 0 Å². The summed E-state index contributed by atoms with van der Waals surface area (Å²) < 4.78 is 6.75. The Morgan fingerprint density at radius 3 is 2.24 bits per heavy atom. The van der Waals surface area contributed by atoms with E-state index < -0.39 is 13.9 Å². The van der Waals surface area contributed by atoms with Crippen molar-refractivity contribution in [1.82, 2.24) is 0 Å². The number of rotatable bonds is 8. The van der Waals surface area contributed by atoms with Gasteiger partial charge in [-0.2, -0.15) is 0 Å². The van der Waals surface area contributed by atoms with Gasteiger partial charge in [-0.25, -0.2) is 0 Å². The van der Waals surface area contributed by atoms with Gasteiger partial charge >= 0.3 is 0 Å². The molecule has 0 radical (unpaired) electrons. The predicted octanol–water partition coefficient (Wildman–Crippen LogP) is 4.94. The highest BCUT2D eigenvalue weighted by atomic mass is 28.4. The molecule has 2 nitrogen and oxygen atoms in total. The van der Waals surface area contributed by atoms with Gasteiger partial charge in [-0.05, 0) is 42.8 Å². The SMILES string of the molecule is C#CCC(C)(C)C[C@]1(O[Si](CC)(CC)CC)CCCC1=O. The molecule has 1 rings (SSSR count). The fourth-order valence-corrected chi connectivity index (χ4v) is 6.78. The van der Waals surface area contributed by atoms with Gasteiger partial charge in [0.1, 0.15) is 5.60 Å². The van der Waals surface area contributed by atoms with E-state index in [0.717, 1.165) is 37.4 Å². The van der Waals surface area contributed by atoms with Crippen LogP contribution >= 0.6 is 0 Å². The third-order valence-electron chi connectivity index (χ3n) is 5.18. The van der Waals surface area contributed by atoms with Crippen molar-refractivity contribution < 1.29 is 9.22 Å². The Bertz CT molecular complexity index is 396. The van der Waals surface area contributed by atoms with Crippen molar-refractivity contribution in [3.05, 3.63) is 0 Å². The lowest BCUT2D eigenvalue weighted by molar-refractivity contribution is -0.134. The van der Waals surface area contributed by atoms with Crippen LogP contribution < -0.4 is 0 Å². The summed E-state index contributed by atoms with van der Waals surface area (Å²) in [4.78, 5) is 12.6. The lowest BCUT2D eigenvalue weighted by Crippen LogP contribution is -2.51. The van der Waals surface area contributed by atoms with Crippen molar-refractivity contribution >= 4 is 14.1 Å². The number of hydrogen-bond acceptors (Lipinski definition) is 2. The van der Waals surface area contributed by atoms with E-state index in [0.29, 0.717) is 18.6 Å². The van der Waals surface area contributed by atoms with Gasteiger partial charge in [0.15, 0.2) is 14.1 Å². The molecule has 0 aliphatic heterocycles. The highest BCUT2D eigenvalue weighted by molar-refractivity contribution is 6.73. The fraction of sp³-hybridized carbons (Fsp3) is 0.833. The monoisotopic (exact) mass is 308 g/mol. The summed E-state index contributed by atoms with van der Waals surface area (Å²) in [6.07, 6.45) is 9.50. The first kappa shape index (κ1) is 18.5. The summed E-state index contributed by atoms with van der Waals surface area (Å²) in [5, 5.41) is 0. The second-order valence-corrected chi connectivity index (χ2v) is 12.0. The fourth-order valence-electron chi connectivity index (χ4n) is 3.73. The maximum atomic E-state index is 12.6. The molecule has 1 saturated carbocycles. The lowest BCUT2D eigenvalue weighted by atomic mass is 9.77. The molecule has 21 heavy (non-hydrogen) atoms. The summed E-state index contributed by atoms with van der Waals surface area (Å²) >= 11 is 0. The first-order chi connectivity index (χ1) is 9.78. The van der Waals surface area contributed by atoms with E-state index in [9.17, 15) is 4.79 Å². The molecule has 0 aromatic heterocycles. The van der Waals surface area contributed by atoms with Gasteiger partial charge in [0.2, 0.25) is 0 Å². The quantitative estimate of drug-likeness (QED) is 0.469. The second-order valence-electron chi connectivity index (χ2n) is 7.34. The molecule has 3 heteroatoms. The van der Waals surface area contributed by atoms with Gasteiger partial charge in [-0.1, -0.05) is 34.6 Å². The summed E-state index contributed by atoms with van der Waals surface area (Å²) in [6.45, 7) is 11.0. The van der Waals surface area contributed by atoms with Gasteiger partial charge in [-0.3, -0.25) is 4.79 Å². The smallest absolute Gasteiger partial charge is 0.193 e. The molecule has 0 aromatic carbocycles. The first-order valence-corrected chi connectivity index (χ1v) is 11.0. The Balaban J connectivity index is 3.06. The lowest BCUT2D eigenvalue weighted by Gasteiger charge is -2.42. The molecule has 0 N–H and O–H groups in total. The Hall–Kier alpha value is -0.593. The van der Waals surface area contributed by atoms with Crippen LogP contribution in [0.5, 0.6) is 0 Å². The third kappa shape index (κ3) is 4.20. The molecule has 1 atom stereocenters. The average Bonchev–Trinajstić information content (AvgIpc) is 2.76. The highest BCUT2D eigenvalue weighted by Gasteiger charge is 2.50. The van der Waals surface area contributed by atoms with Crippen LogP contribution in [0.25, 0.3) is 0 Å². The Labute approximate surface area is 132 Å². The molecule has 0 bridgehead atoms. The molecule has 1 aliphatic rings. The van der Waals surface area contributed by atoms with Crippen molar-refractivity contribution in [3.63, 3.8) is 0 Å². The summed E-state index contributed by atoms with van der Waals surface area (Å²) in [5.41, 5.74) is -0.585. The third-order valence-corrected chi connectivity index (χ3v) is 9.87.